The minimum absolute atomic E-state index is 0.0593. The van der Waals surface area contributed by atoms with Gasteiger partial charge in [-0.15, -0.1) is 0 Å². The lowest BCUT2D eigenvalue weighted by atomic mass is 9.66. The van der Waals surface area contributed by atoms with Crippen LogP contribution in [0.15, 0.2) is 66.9 Å². The van der Waals surface area contributed by atoms with Crippen molar-refractivity contribution in [2.24, 2.45) is 0 Å². The summed E-state index contributed by atoms with van der Waals surface area (Å²) in [5.41, 5.74) is 4.51. The van der Waals surface area contributed by atoms with Crippen LogP contribution in [0, 0.1) is 5.41 Å². The van der Waals surface area contributed by atoms with E-state index in [-0.39, 0.29) is 11.7 Å². The number of hydrogen-bond acceptors (Lipinski definition) is 4. The summed E-state index contributed by atoms with van der Waals surface area (Å²) < 4.78 is 0. The second kappa shape index (κ2) is 8.71. The summed E-state index contributed by atoms with van der Waals surface area (Å²) in [5.74, 6) is 0.740. The Hall–Kier alpha value is -3.47. The Morgan fingerprint density at radius 2 is 1.74 bits per heavy atom. The average Bonchev–Trinajstić information content (AvgIpc) is 3.69. The van der Waals surface area contributed by atoms with E-state index in [9.17, 15) is 9.90 Å². The van der Waals surface area contributed by atoms with Crippen molar-refractivity contribution in [1.82, 2.24) is 9.88 Å². The van der Waals surface area contributed by atoms with E-state index < -0.39 is 11.3 Å². The highest BCUT2D eigenvalue weighted by Crippen LogP contribution is 2.46. The van der Waals surface area contributed by atoms with Crippen LogP contribution >= 0.6 is 0 Å². The minimum atomic E-state index is -0.542. The number of likely N-dealkylation sites (N-methyl/N-ethyl adjacent to an activating group) is 1. The highest BCUT2D eigenvalue weighted by molar-refractivity contribution is 6.00. The molecule has 3 aromatic rings. The number of hydrogen-bond donors (Lipinski definition) is 2. The lowest BCUT2D eigenvalue weighted by Gasteiger charge is -2.41. The monoisotopic (exact) mass is 453 g/mol. The van der Waals surface area contributed by atoms with Gasteiger partial charge in [-0.25, -0.2) is 0 Å². The lowest BCUT2D eigenvalue weighted by molar-refractivity contribution is -0.130. The first kappa shape index (κ1) is 22.3. The molecule has 0 bridgehead atoms. The second-order valence-electron chi connectivity index (χ2n) is 9.97. The molecule has 174 valence electrons. The van der Waals surface area contributed by atoms with Gasteiger partial charge in [-0.3, -0.25) is 15.2 Å². The van der Waals surface area contributed by atoms with Crippen LogP contribution in [0.4, 0.5) is 0 Å². The molecular formula is C29H31N3O2. The molecule has 1 aliphatic heterocycles. The normalized spacial score (nSPS) is 23.5. The van der Waals surface area contributed by atoms with Gasteiger partial charge in [0.05, 0.1) is 5.92 Å². The molecule has 1 saturated heterocycles. The molecule has 1 saturated carbocycles. The molecule has 2 heterocycles. The van der Waals surface area contributed by atoms with Gasteiger partial charge < -0.3 is 10.0 Å². The van der Waals surface area contributed by atoms with Crippen molar-refractivity contribution in [2.75, 3.05) is 7.05 Å². The molecule has 0 unspecified atom stereocenters. The molecular weight excluding hydrogens is 422 g/mol. The van der Waals surface area contributed by atoms with E-state index in [2.05, 4.69) is 37.3 Å². The largest absolute Gasteiger partial charge is 0.508 e. The van der Waals surface area contributed by atoms with Crippen molar-refractivity contribution in [3.63, 3.8) is 0 Å². The van der Waals surface area contributed by atoms with Gasteiger partial charge in [0.1, 0.15) is 11.6 Å². The van der Waals surface area contributed by atoms with E-state index >= 15 is 0 Å². The number of amidine groups is 1. The first-order chi connectivity index (χ1) is 16.4. The van der Waals surface area contributed by atoms with Crippen LogP contribution in [-0.2, 0) is 10.2 Å². The molecule has 5 nitrogen and oxygen atoms in total. The van der Waals surface area contributed by atoms with Gasteiger partial charge in [-0.1, -0.05) is 43.3 Å². The first-order valence-corrected chi connectivity index (χ1v) is 12.1. The third kappa shape index (κ3) is 4.11. The number of nitrogens with zero attached hydrogens (tertiary/aromatic N) is 2. The van der Waals surface area contributed by atoms with Crippen LogP contribution in [0.1, 0.15) is 67.7 Å². The zero-order valence-corrected chi connectivity index (χ0v) is 19.8. The number of likely N-dealkylation sites (tertiary alicyclic amines) is 1. The van der Waals surface area contributed by atoms with Gasteiger partial charge >= 0.3 is 0 Å². The summed E-state index contributed by atoms with van der Waals surface area (Å²) in [6, 6.07) is 19.7. The number of carbonyl (C=O) groups is 1. The zero-order chi connectivity index (χ0) is 23.9. The van der Waals surface area contributed by atoms with Gasteiger partial charge in [-0.2, -0.15) is 0 Å². The van der Waals surface area contributed by atoms with Crippen molar-refractivity contribution >= 4 is 11.7 Å². The van der Waals surface area contributed by atoms with Crippen LogP contribution in [0.25, 0.3) is 11.1 Å². The number of phenols is 1. The van der Waals surface area contributed by atoms with Crippen molar-refractivity contribution in [3.05, 3.63) is 83.7 Å². The summed E-state index contributed by atoms with van der Waals surface area (Å²) in [6.45, 7) is 2.14. The maximum Gasteiger partial charge on any atom is 0.236 e. The van der Waals surface area contributed by atoms with Crippen LogP contribution in [0.2, 0.25) is 0 Å². The summed E-state index contributed by atoms with van der Waals surface area (Å²) in [5, 5.41) is 18.4. The molecule has 2 aliphatic rings. The smallest absolute Gasteiger partial charge is 0.236 e. The SMILES string of the molecule is CN1C(=N)CCC[C@](C)(c2cc(-c3cccc(O)c3)ccn2)[C@@H](c2ccc(C3CC3)cc2)C1=O. The molecule has 1 amide bonds. The molecule has 2 atom stereocenters. The lowest BCUT2D eigenvalue weighted by Crippen LogP contribution is -2.46. The number of carbonyl (C=O) groups excluding carboxylic acids is 1. The molecule has 0 radical (unpaired) electrons. The number of pyridine rings is 1. The molecule has 2 aromatic carbocycles. The Balaban J connectivity index is 1.61. The van der Waals surface area contributed by atoms with E-state index in [4.69, 9.17) is 10.4 Å². The van der Waals surface area contributed by atoms with Crippen molar-refractivity contribution in [3.8, 4) is 16.9 Å². The van der Waals surface area contributed by atoms with Gasteiger partial charge in [0.15, 0.2) is 0 Å². The van der Waals surface area contributed by atoms with Crippen LogP contribution in [0.5, 0.6) is 5.75 Å². The topological polar surface area (TPSA) is 77.3 Å². The second-order valence-corrected chi connectivity index (χ2v) is 9.97. The molecule has 2 N–H and O–H groups in total. The van der Waals surface area contributed by atoms with Crippen molar-refractivity contribution in [1.29, 1.82) is 5.41 Å². The summed E-state index contributed by atoms with van der Waals surface area (Å²) in [4.78, 5) is 20.2. The third-order valence-corrected chi connectivity index (χ3v) is 7.57. The number of nitrogens with one attached hydrogen (secondary N) is 1. The van der Waals surface area contributed by atoms with E-state index in [1.807, 2.05) is 18.2 Å². The quantitative estimate of drug-likeness (QED) is 0.509. The van der Waals surface area contributed by atoms with E-state index in [1.54, 1.807) is 25.4 Å². The van der Waals surface area contributed by atoms with Gasteiger partial charge in [0, 0.05) is 30.8 Å². The van der Waals surface area contributed by atoms with Crippen LogP contribution < -0.4 is 0 Å². The highest BCUT2D eigenvalue weighted by atomic mass is 16.3. The number of rotatable bonds is 4. The molecule has 5 heteroatoms. The van der Waals surface area contributed by atoms with Crippen molar-refractivity contribution in [2.45, 2.75) is 56.3 Å². The summed E-state index contributed by atoms with van der Waals surface area (Å²) in [6.07, 6.45) is 6.40. The number of aromatic nitrogens is 1. The fourth-order valence-corrected chi connectivity index (χ4v) is 5.31. The minimum Gasteiger partial charge on any atom is -0.508 e. The molecule has 5 rings (SSSR count). The number of aromatic hydroxyl groups is 1. The fraction of sp³-hybridized carbons (Fsp3) is 0.345. The van der Waals surface area contributed by atoms with Crippen LogP contribution in [0.3, 0.4) is 0 Å². The predicted octanol–water partition coefficient (Wildman–Crippen LogP) is 5.99. The Bertz CT molecular complexity index is 1230. The number of phenolic OH excluding ortho intramolecular Hbond substituents is 1. The van der Waals surface area contributed by atoms with Crippen LogP contribution in [-0.4, -0.2) is 33.8 Å². The Labute approximate surface area is 201 Å². The Morgan fingerprint density at radius 3 is 2.44 bits per heavy atom. The first-order valence-electron chi connectivity index (χ1n) is 12.1. The highest BCUT2D eigenvalue weighted by Gasteiger charge is 2.45. The average molecular weight is 454 g/mol. The number of amides is 1. The molecule has 34 heavy (non-hydrogen) atoms. The Kier molecular flexibility index (Phi) is 5.72. The standard InChI is InChI=1S/C29H31N3O2/c1-29(25-18-23(14-16-31-25)22-5-3-6-24(33)17-22)15-4-7-26(30)32(2)28(34)27(29)21-12-10-20(11-13-21)19-8-9-19/h3,5-6,10-14,16-19,27,30,33H,4,7-9,15H2,1-2H3/t27-,29+/m0/s1. The summed E-state index contributed by atoms with van der Waals surface area (Å²) in [7, 11) is 1.72. The van der Waals surface area contributed by atoms with E-state index in [0.29, 0.717) is 18.2 Å². The van der Waals surface area contributed by atoms with E-state index in [0.717, 1.165) is 35.2 Å². The van der Waals surface area contributed by atoms with Gasteiger partial charge in [-0.05, 0) is 78.1 Å². The number of benzene rings is 2. The molecule has 0 spiro atoms. The molecule has 1 aliphatic carbocycles. The maximum absolute atomic E-state index is 13.9. The Morgan fingerprint density at radius 1 is 1.03 bits per heavy atom. The van der Waals surface area contributed by atoms with Gasteiger partial charge in [0.25, 0.3) is 0 Å². The van der Waals surface area contributed by atoms with E-state index in [1.165, 1.54) is 23.3 Å². The van der Waals surface area contributed by atoms with Crippen molar-refractivity contribution < 1.29 is 9.90 Å². The third-order valence-electron chi connectivity index (χ3n) is 7.57. The predicted molar refractivity (Wildman–Crippen MR) is 134 cm³/mol. The summed E-state index contributed by atoms with van der Waals surface area (Å²) >= 11 is 0. The maximum atomic E-state index is 13.9. The molecule has 1 aromatic heterocycles. The van der Waals surface area contributed by atoms with Gasteiger partial charge in [0.2, 0.25) is 5.91 Å². The fourth-order valence-electron chi connectivity index (χ4n) is 5.31. The zero-order valence-electron chi connectivity index (χ0n) is 19.8. The molecule has 2 fully saturated rings.